The van der Waals surface area contributed by atoms with E-state index in [9.17, 15) is 26.3 Å². The summed E-state index contributed by atoms with van der Waals surface area (Å²) in [6.07, 6.45) is -9.90. The highest BCUT2D eigenvalue weighted by Gasteiger charge is 2.45. The fraction of sp³-hybridized carbons (Fsp3) is 0.154. The Morgan fingerprint density at radius 3 is 1.87 bits per heavy atom. The molecular weight excluding hydrogens is 390 g/mol. The minimum Gasteiger partial charge on any atom is -0.256 e. The monoisotopic (exact) mass is 393 g/mol. The average molecular weight is 395 g/mol. The lowest BCUT2D eigenvalue weighted by Gasteiger charge is -2.19. The van der Waals surface area contributed by atoms with Gasteiger partial charge in [-0.1, -0.05) is 34.8 Å². The Morgan fingerprint density at radius 1 is 0.783 bits per heavy atom. The second-order valence-corrected chi connectivity index (χ2v) is 5.55. The molecule has 0 aliphatic rings. The van der Waals surface area contributed by atoms with Crippen molar-refractivity contribution in [3.63, 3.8) is 0 Å². The number of hydrogen-bond donors (Lipinski definition) is 0. The zero-order valence-corrected chi connectivity index (χ0v) is 12.9. The number of alkyl halides is 6. The molecule has 0 spiro atoms. The number of rotatable bonds is 1. The maximum absolute atomic E-state index is 13.2. The van der Waals surface area contributed by atoms with Crippen LogP contribution in [-0.4, -0.2) is 4.98 Å². The summed E-state index contributed by atoms with van der Waals surface area (Å²) in [5.41, 5.74) is -5.18. The van der Waals surface area contributed by atoms with Crippen molar-refractivity contribution in [2.75, 3.05) is 0 Å². The SMILES string of the molecule is FC(F)(F)c1ccnc(-c2cc(Cl)c(Cl)cc2Cl)c1C(F)(F)F. The third kappa shape index (κ3) is 3.67. The number of benzene rings is 1. The van der Waals surface area contributed by atoms with Crippen LogP contribution in [0.3, 0.4) is 0 Å². The molecule has 0 aliphatic carbocycles. The van der Waals surface area contributed by atoms with E-state index >= 15 is 0 Å². The number of hydrogen-bond acceptors (Lipinski definition) is 1. The van der Waals surface area contributed by atoms with Crippen LogP contribution in [0, 0.1) is 0 Å². The van der Waals surface area contributed by atoms with Gasteiger partial charge < -0.3 is 0 Å². The maximum Gasteiger partial charge on any atom is 0.419 e. The topological polar surface area (TPSA) is 12.9 Å². The van der Waals surface area contributed by atoms with Crippen molar-refractivity contribution < 1.29 is 26.3 Å². The van der Waals surface area contributed by atoms with Gasteiger partial charge in [-0.3, -0.25) is 4.98 Å². The van der Waals surface area contributed by atoms with Crippen molar-refractivity contribution in [2.24, 2.45) is 0 Å². The fourth-order valence-corrected chi connectivity index (χ4v) is 2.53. The molecule has 0 atom stereocenters. The van der Waals surface area contributed by atoms with E-state index in [4.69, 9.17) is 34.8 Å². The molecule has 0 saturated carbocycles. The van der Waals surface area contributed by atoms with Gasteiger partial charge in [0.2, 0.25) is 0 Å². The van der Waals surface area contributed by atoms with Gasteiger partial charge in [-0.2, -0.15) is 26.3 Å². The summed E-state index contributed by atoms with van der Waals surface area (Å²) in [5, 5.41) is -0.531. The van der Waals surface area contributed by atoms with Crippen molar-refractivity contribution in [2.45, 2.75) is 12.4 Å². The van der Waals surface area contributed by atoms with E-state index in [-0.39, 0.29) is 21.1 Å². The first kappa shape index (κ1) is 18.2. The highest BCUT2D eigenvalue weighted by atomic mass is 35.5. The van der Waals surface area contributed by atoms with Crippen molar-refractivity contribution in [3.05, 3.63) is 50.6 Å². The third-order valence-electron chi connectivity index (χ3n) is 2.80. The smallest absolute Gasteiger partial charge is 0.256 e. The van der Waals surface area contributed by atoms with Gasteiger partial charge >= 0.3 is 12.4 Å². The first-order valence-electron chi connectivity index (χ1n) is 5.71. The van der Waals surface area contributed by atoms with E-state index in [1.165, 1.54) is 0 Å². The molecule has 1 nitrogen and oxygen atoms in total. The lowest BCUT2D eigenvalue weighted by atomic mass is 10.00. The first-order valence-corrected chi connectivity index (χ1v) is 6.84. The van der Waals surface area contributed by atoms with E-state index in [0.717, 1.165) is 12.1 Å². The Kier molecular flexibility index (Phi) is 4.76. The molecule has 0 fully saturated rings. The van der Waals surface area contributed by atoms with Gasteiger partial charge in [0, 0.05) is 11.8 Å². The van der Waals surface area contributed by atoms with Crippen molar-refractivity contribution in [1.29, 1.82) is 0 Å². The molecule has 0 bridgehead atoms. The van der Waals surface area contributed by atoms with E-state index in [0.29, 0.717) is 6.20 Å². The molecular formula is C13H4Cl3F6N. The van der Waals surface area contributed by atoms with Crippen LogP contribution in [0.1, 0.15) is 11.1 Å². The predicted octanol–water partition coefficient (Wildman–Crippen LogP) is 6.75. The zero-order chi connectivity index (χ0) is 17.6. The van der Waals surface area contributed by atoms with Gasteiger partial charge in [0.15, 0.2) is 0 Å². The van der Waals surface area contributed by atoms with Gasteiger partial charge in [0.05, 0.1) is 31.9 Å². The summed E-state index contributed by atoms with van der Waals surface area (Å²) in [7, 11) is 0. The molecule has 0 aliphatic heterocycles. The van der Waals surface area contributed by atoms with Crippen LogP contribution < -0.4 is 0 Å². The molecule has 1 aromatic heterocycles. The Labute approximate surface area is 140 Å². The van der Waals surface area contributed by atoms with Crippen LogP contribution in [0.5, 0.6) is 0 Å². The van der Waals surface area contributed by atoms with Gasteiger partial charge in [0.1, 0.15) is 0 Å². The van der Waals surface area contributed by atoms with E-state index in [1.807, 2.05) is 0 Å². The number of pyridine rings is 1. The number of aromatic nitrogens is 1. The first-order chi connectivity index (χ1) is 10.4. The van der Waals surface area contributed by atoms with Crippen LogP contribution in [0.15, 0.2) is 24.4 Å². The van der Waals surface area contributed by atoms with Crippen LogP contribution in [0.2, 0.25) is 15.1 Å². The summed E-state index contributed by atoms with van der Waals surface area (Å²) in [4.78, 5) is 3.42. The highest BCUT2D eigenvalue weighted by molar-refractivity contribution is 6.44. The molecule has 0 N–H and O–H groups in total. The summed E-state index contributed by atoms with van der Waals surface area (Å²) < 4.78 is 78.3. The lowest BCUT2D eigenvalue weighted by molar-refractivity contribution is -0.161. The Hall–Kier alpha value is -1.18. The molecule has 2 aromatic rings. The summed E-state index contributed by atoms with van der Waals surface area (Å²) in [6, 6.07) is 2.21. The molecule has 10 heteroatoms. The number of halogens is 9. The van der Waals surface area contributed by atoms with Crippen molar-refractivity contribution in [3.8, 4) is 11.3 Å². The average Bonchev–Trinajstić information content (AvgIpc) is 2.40. The molecule has 124 valence electrons. The summed E-state index contributed by atoms with van der Waals surface area (Å²) in [6.45, 7) is 0. The second-order valence-electron chi connectivity index (χ2n) is 4.32. The van der Waals surface area contributed by atoms with Gasteiger partial charge in [-0.25, -0.2) is 0 Å². The standard InChI is InChI=1S/C13H4Cl3F6N/c14-7-4-9(16)8(15)3-5(7)11-10(13(20,21)22)6(1-2-23-11)12(17,18)19/h1-4H. The van der Waals surface area contributed by atoms with Crippen LogP contribution in [0.4, 0.5) is 26.3 Å². The van der Waals surface area contributed by atoms with Crippen LogP contribution in [0.25, 0.3) is 11.3 Å². The Balaban J connectivity index is 2.86. The fourth-order valence-electron chi connectivity index (χ4n) is 1.89. The Morgan fingerprint density at radius 2 is 1.35 bits per heavy atom. The Bertz CT molecular complexity index is 755. The molecule has 0 unspecified atom stereocenters. The van der Waals surface area contributed by atoms with Crippen molar-refractivity contribution >= 4 is 34.8 Å². The summed E-state index contributed by atoms with van der Waals surface area (Å²) in [5.74, 6) is 0. The quantitative estimate of drug-likeness (QED) is 0.385. The molecule has 1 heterocycles. The van der Waals surface area contributed by atoms with Gasteiger partial charge in [-0.05, 0) is 18.2 Å². The minimum absolute atomic E-state index is 0.0547. The van der Waals surface area contributed by atoms with E-state index in [1.54, 1.807) is 0 Å². The normalized spacial score (nSPS) is 12.6. The van der Waals surface area contributed by atoms with Crippen LogP contribution >= 0.6 is 34.8 Å². The molecule has 23 heavy (non-hydrogen) atoms. The predicted molar refractivity (Wildman–Crippen MR) is 74.7 cm³/mol. The lowest BCUT2D eigenvalue weighted by Crippen LogP contribution is -2.18. The highest BCUT2D eigenvalue weighted by Crippen LogP contribution is 2.46. The second kappa shape index (κ2) is 6.03. The molecule has 0 radical (unpaired) electrons. The zero-order valence-electron chi connectivity index (χ0n) is 10.7. The summed E-state index contributed by atoms with van der Waals surface area (Å²) >= 11 is 17.2. The molecule has 2 rings (SSSR count). The van der Waals surface area contributed by atoms with E-state index < -0.39 is 34.7 Å². The van der Waals surface area contributed by atoms with Gasteiger partial charge in [0.25, 0.3) is 0 Å². The molecule has 0 amide bonds. The maximum atomic E-state index is 13.2. The van der Waals surface area contributed by atoms with Gasteiger partial charge in [-0.15, -0.1) is 0 Å². The largest absolute Gasteiger partial charge is 0.419 e. The minimum atomic E-state index is -5.30. The third-order valence-corrected chi connectivity index (χ3v) is 3.84. The molecule has 0 saturated heterocycles. The number of nitrogens with zero attached hydrogens (tertiary/aromatic N) is 1. The van der Waals surface area contributed by atoms with Crippen LogP contribution in [-0.2, 0) is 12.4 Å². The molecule has 1 aromatic carbocycles. The van der Waals surface area contributed by atoms with Crippen molar-refractivity contribution in [1.82, 2.24) is 4.98 Å². The van der Waals surface area contributed by atoms with E-state index in [2.05, 4.69) is 4.98 Å².